The highest BCUT2D eigenvalue weighted by molar-refractivity contribution is 5.74. The van der Waals surface area contributed by atoms with Crippen LogP contribution in [0.1, 0.15) is 19.8 Å². The van der Waals surface area contributed by atoms with Gasteiger partial charge in [0.1, 0.15) is 12.0 Å². The van der Waals surface area contributed by atoms with Gasteiger partial charge in [-0.25, -0.2) is 15.0 Å². The Bertz CT molecular complexity index is 406. The molecular weight excluding hydrogens is 228 g/mol. The van der Waals surface area contributed by atoms with Crippen molar-refractivity contribution in [2.75, 3.05) is 43.2 Å². The van der Waals surface area contributed by atoms with Crippen LogP contribution in [-0.4, -0.2) is 42.2 Å². The predicted octanol–water partition coefficient (Wildman–Crippen LogP) is 1.18. The highest BCUT2D eigenvalue weighted by atomic mass is 15.5. The molecule has 1 aromatic heterocycles. The predicted molar refractivity (Wildman–Crippen MR) is 74.4 cm³/mol. The topological polar surface area (TPSA) is 70.3 Å². The van der Waals surface area contributed by atoms with Gasteiger partial charge in [-0.3, -0.25) is 0 Å². The minimum Gasteiger partial charge on any atom is -0.393 e. The minimum atomic E-state index is 0.625. The van der Waals surface area contributed by atoms with Gasteiger partial charge in [-0.05, 0) is 18.8 Å². The first-order chi connectivity index (χ1) is 8.58. The summed E-state index contributed by atoms with van der Waals surface area (Å²) in [5.74, 6) is 2.21. The summed E-state index contributed by atoms with van der Waals surface area (Å²) in [6.07, 6.45) is 4.04. The molecule has 0 saturated carbocycles. The maximum atomic E-state index is 6.15. The van der Waals surface area contributed by atoms with Gasteiger partial charge in [-0.15, -0.1) is 0 Å². The average molecular weight is 250 g/mol. The molecule has 0 radical (unpaired) electrons. The van der Waals surface area contributed by atoms with Crippen molar-refractivity contribution in [1.82, 2.24) is 15.0 Å². The number of hydrogen-bond donors (Lipinski definition) is 2. The molecule has 0 amide bonds. The van der Waals surface area contributed by atoms with Crippen LogP contribution in [0.3, 0.4) is 0 Å². The SMILES string of the molecule is CC1CCCN(c2ncnc(NN(C)C)c2N)C1. The Morgan fingerprint density at radius 1 is 1.44 bits per heavy atom. The lowest BCUT2D eigenvalue weighted by Gasteiger charge is -2.32. The third kappa shape index (κ3) is 2.81. The van der Waals surface area contributed by atoms with Gasteiger partial charge in [0.15, 0.2) is 11.6 Å². The number of anilines is 3. The van der Waals surface area contributed by atoms with E-state index in [1.807, 2.05) is 19.1 Å². The Balaban J connectivity index is 2.22. The van der Waals surface area contributed by atoms with E-state index in [-0.39, 0.29) is 0 Å². The molecule has 2 rings (SSSR count). The Morgan fingerprint density at radius 3 is 2.89 bits per heavy atom. The van der Waals surface area contributed by atoms with Crippen LogP contribution in [0.2, 0.25) is 0 Å². The average Bonchev–Trinajstić information content (AvgIpc) is 2.31. The van der Waals surface area contributed by atoms with Gasteiger partial charge in [0.2, 0.25) is 0 Å². The summed E-state index contributed by atoms with van der Waals surface area (Å²) >= 11 is 0. The zero-order chi connectivity index (χ0) is 13.1. The summed E-state index contributed by atoms with van der Waals surface area (Å²) in [5, 5.41) is 1.82. The van der Waals surface area contributed by atoms with Crippen molar-refractivity contribution in [3.63, 3.8) is 0 Å². The first kappa shape index (κ1) is 12.9. The van der Waals surface area contributed by atoms with Crippen molar-refractivity contribution in [2.45, 2.75) is 19.8 Å². The molecule has 1 fully saturated rings. The van der Waals surface area contributed by atoms with Crippen molar-refractivity contribution < 1.29 is 0 Å². The zero-order valence-electron chi connectivity index (χ0n) is 11.3. The summed E-state index contributed by atoms with van der Waals surface area (Å²) in [5.41, 5.74) is 9.87. The molecule has 1 aliphatic heterocycles. The second-order valence-electron chi connectivity index (χ2n) is 5.16. The van der Waals surface area contributed by atoms with Crippen molar-refractivity contribution in [2.24, 2.45) is 5.92 Å². The number of nitrogens with zero attached hydrogens (tertiary/aromatic N) is 4. The molecule has 6 heteroatoms. The smallest absolute Gasteiger partial charge is 0.169 e. The third-order valence-corrected chi connectivity index (χ3v) is 3.15. The zero-order valence-corrected chi connectivity index (χ0v) is 11.3. The fourth-order valence-corrected chi connectivity index (χ4v) is 2.32. The van der Waals surface area contributed by atoms with E-state index in [0.717, 1.165) is 18.9 Å². The molecular formula is C12H22N6. The fraction of sp³-hybridized carbons (Fsp3) is 0.667. The Hall–Kier alpha value is -1.56. The van der Waals surface area contributed by atoms with Gasteiger partial charge in [0, 0.05) is 27.2 Å². The molecule has 0 bridgehead atoms. The molecule has 2 heterocycles. The van der Waals surface area contributed by atoms with Crippen LogP contribution in [0.15, 0.2) is 6.33 Å². The maximum Gasteiger partial charge on any atom is 0.169 e. The molecule has 1 unspecified atom stereocenters. The van der Waals surface area contributed by atoms with E-state index in [4.69, 9.17) is 5.73 Å². The molecule has 1 atom stereocenters. The van der Waals surface area contributed by atoms with Crippen molar-refractivity contribution in [3.8, 4) is 0 Å². The monoisotopic (exact) mass is 250 g/mol. The third-order valence-electron chi connectivity index (χ3n) is 3.15. The number of hydrazine groups is 1. The van der Waals surface area contributed by atoms with E-state index in [2.05, 4.69) is 27.2 Å². The molecule has 0 aliphatic carbocycles. The second-order valence-corrected chi connectivity index (χ2v) is 5.16. The Kier molecular flexibility index (Phi) is 3.86. The van der Waals surface area contributed by atoms with Crippen molar-refractivity contribution >= 4 is 17.3 Å². The Morgan fingerprint density at radius 2 is 2.22 bits per heavy atom. The summed E-state index contributed by atoms with van der Waals surface area (Å²) in [7, 11) is 3.81. The van der Waals surface area contributed by atoms with Gasteiger partial charge >= 0.3 is 0 Å². The molecule has 18 heavy (non-hydrogen) atoms. The largest absolute Gasteiger partial charge is 0.393 e. The lowest BCUT2D eigenvalue weighted by Crippen LogP contribution is -2.35. The highest BCUT2D eigenvalue weighted by Gasteiger charge is 2.21. The summed E-state index contributed by atoms with van der Waals surface area (Å²) in [4.78, 5) is 10.8. The molecule has 6 nitrogen and oxygen atoms in total. The molecule has 1 aromatic rings. The quantitative estimate of drug-likeness (QED) is 0.785. The van der Waals surface area contributed by atoms with E-state index in [0.29, 0.717) is 17.4 Å². The molecule has 1 aliphatic rings. The lowest BCUT2D eigenvalue weighted by molar-refractivity contribution is 0.444. The van der Waals surface area contributed by atoms with Gasteiger partial charge in [-0.1, -0.05) is 6.92 Å². The van der Waals surface area contributed by atoms with E-state index in [1.165, 1.54) is 12.8 Å². The van der Waals surface area contributed by atoms with Gasteiger partial charge in [0.25, 0.3) is 0 Å². The van der Waals surface area contributed by atoms with E-state index in [1.54, 1.807) is 6.33 Å². The molecule has 100 valence electrons. The van der Waals surface area contributed by atoms with Crippen LogP contribution in [0.5, 0.6) is 0 Å². The van der Waals surface area contributed by atoms with Crippen LogP contribution < -0.4 is 16.1 Å². The van der Waals surface area contributed by atoms with E-state index in [9.17, 15) is 0 Å². The number of piperidine rings is 1. The summed E-state index contributed by atoms with van der Waals surface area (Å²) in [6.45, 7) is 4.30. The van der Waals surface area contributed by atoms with Crippen LogP contribution in [0.4, 0.5) is 17.3 Å². The van der Waals surface area contributed by atoms with Crippen LogP contribution >= 0.6 is 0 Å². The van der Waals surface area contributed by atoms with Crippen molar-refractivity contribution in [3.05, 3.63) is 6.33 Å². The molecule has 0 aromatic carbocycles. The van der Waals surface area contributed by atoms with Crippen LogP contribution in [0.25, 0.3) is 0 Å². The maximum absolute atomic E-state index is 6.15. The fourth-order valence-electron chi connectivity index (χ4n) is 2.32. The summed E-state index contributed by atoms with van der Waals surface area (Å²) < 4.78 is 0. The number of rotatable bonds is 3. The van der Waals surface area contributed by atoms with Gasteiger partial charge in [-0.2, -0.15) is 0 Å². The number of nitrogens with one attached hydrogen (secondary N) is 1. The number of nitrogen functional groups attached to an aromatic ring is 1. The van der Waals surface area contributed by atoms with Gasteiger partial charge in [0.05, 0.1) is 0 Å². The first-order valence-corrected chi connectivity index (χ1v) is 6.37. The summed E-state index contributed by atoms with van der Waals surface area (Å²) in [6, 6.07) is 0. The minimum absolute atomic E-state index is 0.625. The molecule has 1 saturated heterocycles. The van der Waals surface area contributed by atoms with Crippen LogP contribution in [-0.2, 0) is 0 Å². The number of hydrogen-bond acceptors (Lipinski definition) is 6. The Labute approximate surface area is 108 Å². The lowest BCUT2D eigenvalue weighted by atomic mass is 10.0. The number of aromatic nitrogens is 2. The second kappa shape index (κ2) is 5.39. The van der Waals surface area contributed by atoms with E-state index < -0.39 is 0 Å². The standard InChI is InChI=1S/C12H22N6/c1-9-5-4-6-18(7-9)12-10(13)11(14-8-15-12)16-17(2)3/h8-9H,4-7,13H2,1-3H3,(H,14,15,16). The molecule has 0 spiro atoms. The van der Waals surface area contributed by atoms with Crippen molar-refractivity contribution in [1.29, 1.82) is 0 Å². The first-order valence-electron chi connectivity index (χ1n) is 6.37. The van der Waals surface area contributed by atoms with Gasteiger partial charge < -0.3 is 16.1 Å². The number of nitrogens with two attached hydrogens (primary N) is 1. The van der Waals surface area contributed by atoms with E-state index >= 15 is 0 Å². The normalized spacial score (nSPS) is 20.2. The molecule has 3 N–H and O–H groups in total. The van der Waals surface area contributed by atoms with Crippen LogP contribution in [0, 0.1) is 5.92 Å². The highest BCUT2D eigenvalue weighted by Crippen LogP contribution is 2.29.